The summed E-state index contributed by atoms with van der Waals surface area (Å²) in [4.78, 5) is 0.0316. The molecule has 1 N–H and O–H groups in total. The van der Waals surface area contributed by atoms with E-state index in [1.54, 1.807) is 32.0 Å². The molecule has 0 amide bonds. The SMILES string of the molecule is Cc1nn([C@H]2CCS(=O)(=O)C2)c(C)c1S(=O)(=O)Nc1cccc(C#N)c1. The monoisotopic (exact) mass is 394 g/mol. The maximum atomic E-state index is 12.8. The van der Waals surface area contributed by atoms with Gasteiger partial charge in [-0.2, -0.15) is 10.4 Å². The Morgan fingerprint density at radius 3 is 2.69 bits per heavy atom. The summed E-state index contributed by atoms with van der Waals surface area (Å²) in [6.45, 7) is 3.19. The number of nitriles is 1. The van der Waals surface area contributed by atoms with Crippen molar-refractivity contribution >= 4 is 25.5 Å². The Morgan fingerprint density at radius 2 is 2.08 bits per heavy atom. The second-order valence-corrected chi connectivity index (χ2v) is 10.1. The number of rotatable bonds is 4. The molecule has 0 aliphatic carbocycles. The van der Waals surface area contributed by atoms with E-state index in [0.717, 1.165) is 0 Å². The third kappa shape index (κ3) is 3.45. The summed E-state index contributed by atoms with van der Waals surface area (Å²) in [5.41, 5.74) is 1.31. The average Bonchev–Trinajstić information content (AvgIpc) is 3.06. The Labute approximate surface area is 152 Å². The van der Waals surface area contributed by atoms with Gasteiger partial charge in [0.2, 0.25) is 0 Å². The lowest BCUT2D eigenvalue weighted by atomic mass is 10.2. The third-order valence-corrected chi connectivity index (χ3v) is 7.71. The predicted octanol–water partition coefficient (Wildman–Crippen LogP) is 1.53. The quantitative estimate of drug-likeness (QED) is 0.839. The summed E-state index contributed by atoms with van der Waals surface area (Å²) in [6, 6.07) is 7.76. The fraction of sp³-hybridized carbons (Fsp3) is 0.375. The first-order valence-electron chi connectivity index (χ1n) is 7.92. The van der Waals surface area contributed by atoms with Crippen LogP contribution in [0.2, 0.25) is 0 Å². The molecule has 0 unspecified atom stereocenters. The van der Waals surface area contributed by atoms with Gasteiger partial charge < -0.3 is 0 Å². The number of anilines is 1. The molecule has 0 saturated carbocycles. The van der Waals surface area contributed by atoms with E-state index >= 15 is 0 Å². The van der Waals surface area contributed by atoms with Gasteiger partial charge in [-0.15, -0.1) is 0 Å². The first kappa shape index (κ1) is 18.4. The van der Waals surface area contributed by atoms with E-state index in [-0.39, 0.29) is 28.1 Å². The number of hydrogen-bond donors (Lipinski definition) is 1. The number of aryl methyl sites for hydroxylation is 1. The standard InChI is InChI=1S/C16H18N4O4S2/c1-11-16(12(2)20(18-11)15-6-7-25(21,22)10-15)26(23,24)19-14-5-3-4-13(8-14)9-17/h3-5,8,15,19H,6-7,10H2,1-2H3/t15-/m0/s1. The molecular formula is C16H18N4O4S2. The summed E-state index contributed by atoms with van der Waals surface area (Å²) in [5.74, 6) is 0.0450. The van der Waals surface area contributed by atoms with Gasteiger partial charge in [-0.05, 0) is 38.5 Å². The number of sulfone groups is 1. The van der Waals surface area contributed by atoms with Gasteiger partial charge in [0.05, 0.1) is 46.3 Å². The van der Waals surface area contributed by atoms with Crippen LogP contribution in [-0.2, 0) is 19.9 Å². The zero-order valence-corrected chi connectivity index (χ0v) is 15.9. The molecule has 1 atom stereocenters. The summed E-state index contributed by atoms with van der Waals surface area (Å²) in [7, 11) is -7.04. The van der Waals surface area contributed by atoms with Crippen LogP contribution >= 0.6 is 0 Å². The molecule has 1 saturated heterocycles. The lowest BCUT2D eigenvalue weighted by molar-refractivity contribution is 0.484. The molecule has 10 heteroatoms. The Kier molecular flexibility index (Phi) is 4.54. The Bertz CT molecular complexity index is 1110. The first-order valence-corrected chi connectivity index (χ1v) is 11.2. The van der Waals surface area contributed by atoms with Crippen LogP contribution in [-0.4, -0.2) is 38.1 Å². The molecule has 3 rings (SSSR count). The zero-order valence-electron chi connectivity index (χ0n) is 14.3. The van der Waals surface area contributed by atoms with Gasteiger partial charge in [-0.25, -0.2) is 16.8 Å². The molecule has 138 valence electrons. The van der Waals surface area contributed by atoms with Crippen molar-refractivity contribution in [2.45, 2.75) is 31.2 Å². The van der Waals surface area contributed by atoms with Crippen molar-refractivity contribution in [1.82, 2.24) is 9.78 Å². The van der Waals surface area contributed by atoms with E-state index in [4.69, 9.17) is 5.26 Å². The van der Waals surface area contributed by atoms with E-state index in [2.05, 4.69) is 9.82 Å². The van der Waals surface area contributed by atoms with Crippen molar-refractivity contribution in [3.63, 3.8) is 0 Å². The van der Waals surface area contributed by atoms with E-state index in [1.165, 1.54) is 10.7 Å². The molecule has 26 heavy (non-hydrogen) atoms. The Hall–Kier alpha value is -2.38. The van der Waals surface area contributed by atoms with Crippen LogP contribution in [0, 0.1) is 25.2 Å². The van der Waals surface area contributed by atoms with Crippen molar-refractivity contribution in [2.24, 2.45) is 0 Å². The predicted molar refractivity (Wildman–Crippen MR) is 96.0 cm³/mol. The summed E-state index contributed by atoms with van der Waals surface area (Å²) in [5, 5.41) is 13.2. The fourth-order valence-corrected chi connectivity index (χ4v) is 6.36. The number of nitrogens with one attached hydrogen (secondary N) is 1. The summed E-state index contributed by atoms with van der Waals surface area (Å²) < 4.78 is 53.1. The van der Waals surface area contributed by atoms with Crippen LogP contribution in [0.25, 0.3) is 0 Å². The minimum Gasteiger partial charge on any atom is -0.279 e. The molecule has 0 bridgehead atoms. The second-order valence-electron chi connectivity index (χ2n) is 6.30. The van der Waals surface area contributed by atoms with Crippen LogP contribution in [0.3, 0.4) is 0 Å². The van der Waals surface area contributed by atoms with Gasteiger partial charge in [-0.3, -0.25) is 9.40 Å². The maximum Gasteiger partial charge on any atom is 0.265 e. The van der Waals surface area contributed by atoms with Gasteiger partial charge >= 0.3 is 0 Å². The van der Waals surface area contributed by atoms with Gasteiger partial charge in [0.15, 0.2) is 9.84 Å². The van der Waals surface area contributed by atoms with Gasteiger partial charge in [0.1, 0.15) is 4.90 Å². The fourth-order valence-electron chi connectivity index (χ4n) is 3.22. The Morgan fingerprint density at radius 1 is 1.35 bits per heavy atom. The zero-order chi connectivity index (χ0) is 19.1. The number of hydrogen-bond acceptors (Lipinski definition) is 6. The largest absolute Gasteiger partial charge is 0.279 e. The van der Waals surface area contributed by atoms with Gasteiger partial charge in [-0.1, -0.05) is 6.07 Å². The van der Waals surface area contributed by atoms with Crippen LogP contribution in [0.1, 0.15) is 29.4 Å². The number of sulfonamides is 1. The number of aromatic nitrogens is 2. The molecule has 2 heterocycles. The molecule has 1 fully saturated rings. The highest BCUT2D eigenvalue weighted by Gasteiger charge is 2.33. The lowest BCUT2D eigenvalue weighted by Crippen LogP contribution is -2.17. The molecule has 0 spiro atoms. The third-order valence-electron chi connectivity index (χ3n) is 4.33. The maximum absolute atomic E-state index is 12.8. The van der Waals surface area contributed by atoms with Gasteiger partial charge in [0, 0.05) is 0 Å². The molecule has 0 radical (unpaired) electrons. The lowest BCUT2D eigenvalue weighted by Gasteiger charge is -2.12. The summed E-state index contributed by atoms with van der Waals surface area (Å²) >= 11 is 0. The topological polar surface area (TPSA) is 122 Å². The van der Waals surface area contributed by atoms with Crippen molar-refractivity contribution in [3.05, 3.63) is 41.2 Å². The molecule has 1 aromatic heterocycles. The van der Waals surface area contributed by atoms with E-state index < -0.39 is 19.9 Å². The van der Waals surface area contributed by atoms with Crippen molar-refractivity contribution < 1.29 is 16.8 Å². The summed E-state index contributed by atoms with van der Waals surface area (Å²) in [6.07, 6.45) is 0.418. The number of nitrogens with zero attached hydrogens (tertiary/aromatic N) is 3. The van der Waals surface area contributed by atoms with E-state index in [1.807, 2.05) is 6.07 Å². The molecule has 1 aromatic carbocycles. The van der Waals surface area contributed by atoms with Crippen molar-refractivity contribution in [2.75, 3.05) is 16.2 Å². The molecule has 1 aliphatic heterocycles. The average molecular weight is 394 g/mol. The minimum atomic E-state index is -3.93. The highest BCUT2D eigenvalue weighted by Crippen LogP contribution is 2.29. The van der Waals surface area contributed by atoms with Crippen LogP contribution in [0.15, 0.2) is 29.2 Å². The van der Waals surface area contributed by atoms with Gasteiger partial charge in [0.25, 0.3) is 10.0 Å². The van der Waals surface area contributed by atoms with Crippen molar-refractivity contribution in [1.29, 1.82) is 5.26 Å². The molecular weight excluding hydrogens is 376 g/mol. The van der Waals surface area contributed by atoms with Crippen molar-refractivity contribution in [3.8, 4) is 6.07 Å². The second kappa shape index (κ2) is 6.41. The van der Waals surface area contributed by atoms with Crippen LogP contribution in [0.5, 0.6) is 0 Å². The van der Waals surface area contributed by atoms with Crippen LogP contribution < -0.4 is 4.72 Å². The highest BCUT2D eigenvalue weighted by atomic mass is 32.2. The Balaban J connectivity index is 1.97. The molecule has 1 aliphatic rings. The van der Waals surface area contributed by atoms with E-state index in [0.29, 0.717) is 23.4 Å². The molecule has 2 aromatic rings. The highest BCUT2D eigenvalue weighted by molar-refractivity contribution is 7.92. The van der Waals surface area contributed by atoms with Crippen LogP contribution in [0.4, 0.5) is 5.69 Å². The van der Waals surface area contributed by atoms with E-state index in [9.17, 15) is 16.8 Å². The smallest absolute Gasteiger partial charge is 0.265 e. The normalized spacial score (nSPS) is 19.2. The first-order chi connectivity index (χ1) is 12.1. The molecule has 8 nitrogen and oxygen atoms in total. The number of benzene rings is 1. The minimum absolute atomic E-state index is 0.0316.